The maximum absolute atomic E-state index is 12.1. The Morgan fingerprint density at radius 2 is 1.86 bits per heavy atom. The number of hydrogen-bond acceptors (Lipinski definition) is 2. The molecule has 2 amide bonds. The summed E-state index contributed by atoms with van der Waals surface area (Å²) in [6, 6.07) is 13.5. The quantitative estimate of drug-likeness (QED) is 0.748. The number of carbonyl (C=O) groups excluding carboxylic acids is 2. The minimum absolute atomic E-state index is 0.0969. The summed E-state index contributed by atoms with van der Waals surface area (Å²) in [6.07, 6.45) is 0. The van der Waals surface area contributed by atoms with E-state index in [4.69, 9.17) is 0 Å². The summed E-state index contributed by atoms with van der Waals surface area (Å²) in [4.78, 5) is 23.2. The van der Waals surface area contributed by atoms with E-state index in [1.54, 1.807) is 19.3 Å². The van der Waals surface area contributed by atoms with Gasteiger partial charge in [0.2, 0.25) is 0 Å². The smallest absolute Gasteiger partial charge is 0.282 e. The van der Waals surface area contributed by atoms with Crippen LogP contribution in [0.4, 0.5) is 5.69 Å². The van der Waals surface area contributed by atoms with Crippen LogP contribution in [-0.2, 0) is 9.59 Å². The molecule has 0 aromatic heterocycles. The molecule has 4 N–H and O–H groups in total. The van der Waals surface area contributed by atoms with Crippen molar-refractivity contribution in [2.75, 3.05) is 18.9 Å². The molecule has 0 aliphatic carbocycles. The van der Waals surface area contributed by atoms with Gasteiger partial charge in [-0.3, -0.25) is 9.59 Å². The Morgan fingerprint density at radius 3 is 2.57 bits per heavy atom. The summed E-state index contributed by atoms with van der Waals surface area (Å²) >= 11 is 0. The first-order valence-corrected chi connectivity index (χ1v) is 6.93. The van der Waals surface area contributed by atoms with Crippen LogP contribution in [0.3, 0.4) is 0 Å². The first-order valence-electron chi connectivity index (χ1n) is 6.93. The molecule has 0 saturated carbocycles. The second kappa shape index (κ2) is 6.85. The summed E-state index contributed by atoms with van der Waals surface area (Å²) in [5, 5.41) is 9.32. The van der Waals surface area contributed by atoms with Crippen LogP contribution in [-0.4, -0.2) is 31.4 Å². The number of fused-ring (bicyclic) bond motifs is 1. The standard InChI is InChI=1S/C16H19N3O2/c1-11(18-10-15(20)17-2)16(21)19-14-8-7-12-5-3-4-6-13(12)9-14/h3-9,11,18H,10H2,1-2H3,(H,17,20)(H,19,21)/p+1/t11-/m1/s1. The summed E-state index contributed by atoms with van der Waals surface area (Å²) in [5.41, 5.74) is 0.763. The van der Waals surface area contributed by atoms with Crippen LogP contribution >= 0.6 is 0 Å². The van der Waals surface area contributed by atoms with Gasteiger partial charge in [-0.1, -0.05) is 30.3 Å². The minimum Gasteiger partial charge on any atom is -0.354 e. The number of nitrogens with two attached hydrogens (primary N) is 1. The van der Waals surface area contributed by atoms with Crippen LogP contribution in [0.2, 0.25) is 0 Å². The van der Waals surface area contributed by atoms with Crippen molar-refractivity contribution in [2.45, 2.75) is 13.0 Å². The van der Waals surface area contributed by atoms with Gasteiger partial charge in [0.15, 0.2) is 12.6 Å². The Bertz CT molecular complexity index is 655. The highest BCUT2D eigenvalue weighted by molar-refractivity contribution is 5.96. The maximum Gasteiger partial charge on any atom is 0.282 e. The largest absolute Gasteiger partial charge is 0.354 e. The number of benzene rings is 2. The number of amides is 2. The highest BCUT2D eigenvalue weighted by Crippen LogP contribution is 2.18. The summed E-state index contributed by atoms with van der Waals surface area (Å²) < 4.78 is 0. The third-order valence-electron chi connectivity index (χ3n) is 3.37. The fraction of sp³-hybridized carbons (Fsp3) is 0.250. The summed E-state index contributed by atoms with van der Waals surface area (Å²) in [7, 11) is 1.58. The maximum atomic E-state index is 12.1. The van der Waals surface area contributed by atoms with Crippen LogP contribution in [0, 0.1) is 0 Å². The van der Waals surface area contributed by atoms with Gasteiger partial charge in [-0.2, -0.15) is 0 Å². The number of hydrogen-bond donors (Lipinski definition) is 3. The van der Waals surface area contributed by atoms with Crippen molar-refractivity contribution in [3.63, 3.8) is 0 Å². The molecule has 5 heteroatoms. The Morgan fingerprint density at radius 1 is 1.14 bits per heavy atom. The number of nitrogens with one attached hydrogen (secondary N) is 2. The van der Waals surface area contributed by atoms with E-state index in [9.17, 15) is 9.59 Å². The van der Waals surface area contributed by atoms with Crippen molar-refractivity contribution in [2.24, 2.45) is 0 Å². The number of quaternary nitrogens is 1. The lowest BCUT2D eigenvalue weighted by Gasteiger charge is -2.11. The predicted molar refractivity (Wildman–Crippen MR) is 82.9 cm³/mol. The highest BCUT2D eigenvalue weighted by Gasteiger charge is 2.17. The van der Waals surface area contributed by atoms with Crippen molar-refractivity contribution < 1.29 is 14.9 Å². The Kier molecular flexibility index (Phi) is 4.90. The SMILES string of the molecule is CNC(=O)C[NH2+][C@H](C)C(=O)Nc1ccc2ccccc2c1. The third kappa shape index (κ3) is 4.03. The predicted octanol–water partition coefficient (Wildman–Crippen LogP) is 0.476. The van der Waals surface area contributed by atoms with Crippen molar-refractivity contribution in [3.05, 3.63) is 42.5 Å². The fourth-order valence-corrected chi connectivity index (χ4v) is 2.02. The van der Waals surface area contributed by atoms with Gasteiger partial charge >= 0.3 is 0 Å². The first-order chi connectivity index (χ1) is 10.1. The molecule has 0 unspecified atom stereocenters. The molecule has 1 atom stereocenters. The topological polar surface area (TPSA) is 74.8 Å². The lowest BCUT2D eigenvalue weighted by molar-refractivity contribution is -0.662. The fourth-order valence-electron chi connectivity index (χ4n) is 2.02. The van der Waals surface area contributed by atoms with Crippen LogP contribution in [0.25, 0.3) is 10.8 Å². The molecule has 0 aliphatic rings. The number of anilines is 1. The van der Waals surface area contributed by atoms with Gasteiger partial charge in [-0.25, -0.2) is 0 Å². The molecule has 0 saturated heterocycles. The van der Waals surface area contributed by atoms with E-state index in [1.807, 2.05) is 42.5 Å². The summed E-state index contributed by atoms with van der Waals surface area (Å²) in [6.45, 7) is 2.02. The molecule has 0 aliphatic heterocycles. The van der Waals surface area contributed by atoms with E-state index in [1.165, 1.54) is 0 Å². The van der Waals surface area contributed by atoms with Gasteiger partial charge in [-0.05, 0) is 29.8 Å². The summed E-state index contributed by atoms with van der Waals surface area (Å²) in [5.74, 6) is -0.213. The van der Waals surface area contributed by atoms with Crippen molar-refractivity contribution >= 4 is 28.3 Å². The molecule has 0 heterocycles. The average molecular weight is 286 g/mol. The van der Waals surface area contributed by atoms with Crippen molar-refractivity contribution in [3.8, 4) is 0 Å². The molecule has 2 rings (SSSR count). The Hall–Kier alpha value is -2.40. The van der Waals surface area contributed by atoms with Crippen LogP contribution < -0.4 is 16.0 Å². The lowest BCUT2D eigenvalue weighted by atomic mass is 10.1. The normalized spacial score (nSPS) is 11.9. The molecule has 21 heavy (non-hydrogen) atoms. The zero-order chi connectivity index (χ0) is 15.2. The van der Waals surface area contributed by atoms with Gasteiger partial charge in [0.05, 0.1) is 0 Å². The van der Waals surface area contributed by atoms with Crippen molar-refractivity contribution in [1.29, 1.82) is 0 Å². The number of likely N-dealkylation sites (N-methyl/N-ethyl adjacent to an activating group) is 1. The Balaban J connectivity index is 1.98. The van der Waals surface area contributed by atoms with Gasteiger partial charge in [-0.15, -0.1) is 0 Å². The minimum atomic E-state index is -0.325. The number of carbonyl (C=O) groups is 2. The zero-order valence-corrected chi connectivity index (χ0v) is 12.2. The van der Waals surface area contributed by atoms with E-state index in [0.717, 1.165) is 16.5 Å². The highest BCUT2D eigenvalue weighted by atomic mass is 16.2. The lowest BCUT2D eigenvalue weighted by Crippen LogP contribution is -2.93. The van der Waals surface area contributed by atoms with Gasteiger partial charge < -0.3 is 16.0 Å². The van der Waals surface area contributed by atoms with E-state index >= 15 is 0 Å². The second-order valence-electron chi connectivity index (χ2n) is 4.95. The molecular formula is C16H20N3O2+. The first kappa shape index (κ1) is 15.0. The molecule has 0 spiro atoms. The molecule has 0 radical (unpaired) electrons. The number of rotatable bonds is 5. The van der Waals surface area contributed by atoms with Gasteiger partial charge in [0, 0.05) is 12.7 Å². The molecular weight excluding hydrogens is 266 g/mol. The second-order valence-corrected chi connectivity index (χ2v) is 4.95. The van der Waals surface area contributed by atoms with E-state index in [-0.39, 0.29) is 24.4 Å². The zero-order valence-electron chi connectivity index (χ0n) is 12.2. The van der Waals surface area contributed by atoms with Crippen LogP contribution in [0.15, 0.2) is 42.5 Å². The van der Waals surface area contributed by atoms with Gasteiger partial charge in [0.1, 0.15) is 0 Å². The molecule has 0 bridgehead atoms. The molecule has 0 fully saturated rings. The van der Waals surface area contributed by atoms with E-state index in [2.05, 4.69) is 10.6 Å². The average Bonchev–Trinajstić information content (AvgIpc) is 2.51. The van der Waals surface area contributed by atoms with Crippen molar-refractivity contribution in [1.82, 2.24) is 5.32 Å². The Labute approximate surface area is 123 Å². The van der Waals surface area contributed by atoms with E-state index < -0.39 is 0 Å². The molecule has 2 aromatic carbocycles. The van der Waals surface area contributed by atoms with Gasteiger partial charge in [0.25, 0.3) is 11.8 Å². The van der Waals surface area contributed by atoms with Crippen LogP contribution in [0.1, 0.15) is 6.92 Å². The van der Waals surface area contributed by atoms with Crippen LogP contribution in [0.5, 0.6) is 0 Å². The monoisotopic (exact) mass is 286 g/mol. The molecule has 5 nitrogen and oxygen atoms in total. The molecule has 2 aromatic rings. The third-order valence-corrected chi connectivity index (χ3v) is 3.37. The molecule has 110 valence electrons. The van der Waals surface area contributed by atoms with E-state index in [0.29, 0.717) is 0 Å².